The number of pyridine rings is 1. The van der Waals surface area contributed by atoms with Gasteiger partial charge < -0.3 is 14.7 Å². The van der Waals surface area contributed by atoms with Gasteiger partial charge in [0.2, 0.25) is 5.43 Å². The van der Waals surface area contributed by atoms with Gasteiger partial charge in [-0.1, -0.05) is 19.9 Å². The molecule has 4 nitrogen and oxygen atoms in total. The number of aliphatic hydroxyl groups is 1. The van der Waals surface area contributed by atoms with E-state index >= 15 is 0 Å². The fourth-order valence-corrected chi connectivity index (χ4v) is 3.96. The Labute approximate surface area is 164 Å². The predicted molar refractivity (Wildman–Crippen MR) is 102 cm³/mol. The molecule has 0 bridgehead atoms. The van der Waals surface area contributed by atoms with Crippen molar-refractivity contribution in [1.29, 1.82) is 0 Å². The van der Waals surface area contributed by atoms with Crippen molar-refractivity contribution < 1.29 is 22.7 Å². The lowest BCUT2D eigenvalue weighted by molar-refractivity contribution is -0.271. The quantitative estimate of drug-likeness (QED) is 0.611. The van der Waals surface area contributed by atoms with E-state index in [1.807, 2.05) is 0 Å². The number of nitrogens with one attached hydrogen (secondary N) is 1. The van der Waals surface area contributed by atoms with E-state index in [0.29, 0.717) is 16.6 Å². The zero-order valence-electron chi connectivity index (χ0n) is 16.3. The first kappa shape index (κ1) is 21.1. The van der Waals surface area contributed by atoms with Crippen LogP contribution in [0, 0.1) is 12.7 Å². The van der Waals surface area contributed by atoms with E-state index < -0.39 is 41.4 Å². The van der Waals surface area contributed by atoms with Crippen LogP contribution in [-0.4, -0.2) is 26.4 Å². The summed E-state index contributed by atoms with van der Waals surface area (Å²) in [6.45, 7) is 3.89. The maximum absolute atomic E-state index is 14.0. The molecular formula is C21H22F4N2O2. The molecule has 29 heavy (non-hydrogen) atoms. The lowest BCUT2D eigenvalue weighted by Gasteiger charge is -2.38. The van der Waals surface area contributed by atoms with Crippen molar-refractivity contribution in [2.45, 2.75) is 50.9 Å². The molecule has 3 rings (SSSR count). The Balaban J connectivity index is 2.05. The highest BCUT2D eigenvalue weighted by Gasteiger charge is 2.56. The first-order valence-corrected chi connectivity index (χ1v) is 9.06. The molecular weight excluding hydrogens is 388 g/mol. The molecule has 2 heterocycles. The molecule has 3 aromatic rings. The van der Waals surface area contributed by atoms with Crippen LogP contribution >= 0.6 is 0 Å². The van der Waals surface area contributed by atoms with Gasteiger partial charge in [-0.25, -0.2) is 4.39 Å². The van der Waals surface area contributed by atoms with Crippen molar-refractivity contribution in [2.75, 3.05) is 0 Å². The zero-order valence-corrected chi connectivity index (χ0v) is 16.3. The zero-order chi connectivity index (χ0) is 21.6. The van der Waals surface area contributed by atoms with Crippen molar-refractivity contribution in [3.8, 4) is 0 Å². The van der Waals surface area contributed by atoms with Crippen LogP contribution in [0.4, 0.5) is 17.6 Å². The molecule has 2 N–H and O–H groups in total. The largest absolute Gasteiger partial charge is 0.418 e. The van der Waals surface area contributed by atoms with Crippen LogP contribution < -0.4 is 5.43 Å². The minimum Gasteiger partial charge on any atom is -0.379 e. The van der Waals surface area contributed by atoms with Gasteiger partial charge in [0.05, 0.1) is 12.1 Å². The summed E-state index contributed by atoms with van der Waals surface area (Å²) in [5.74, 6) is -0.558. The lowest BCUT2D eigenvalue weighted by Crippen LogP contribution is -2.52. The van der Waals surface area contributed by atoms with Gasteiger partial charge in [-0.3, -0.25) is 4.79 Å². The van der Waals surface area contributed by atoms with Crippen LogP contribution in [0.25, 0.3) is 11.0 Å². The van der Waals surface area contributed by atoms with E-state index in [9.17, 15) is 27.5 Å². The highest BCUT2D eigenvalue weighted by molar-refractivity contribution is 5.75. The summed E-state index contributed by atoms with van der Waals surface area (Å²) in [6, 6.07) is 6.63. The van der Waals surface area contributed by atoms with Crippen molar-refractivity contribution in [1.82, 2.24) is 9.55 Å². The number of halogens is 4. The first-order valence-electron chi connectivity index (χ1n) is 9.06. The number of aryl methyl sites for hydroxylation is 1. The minimum absolute atomic E-state index is 0.0508. The summed E-state index contributed by atoms with van der Waals surface area (Å²) in [4.78, 5) is 14.9. The fourth-order valence-electron chi connectivity index (χ4n) is 3.96. The number of aromatic nitrogens is 2. The minimum atomic E-state index is -4.97. The molecule has 2 aromatic heterocycles. The number of benzene rings is 1. The second kappa shape index (κ2) is 7.02. The van der Waals surface area contributed by atoms with Crippen LogP contribution in [0.2, 0.25) is 0 Å². The van der Waals surface area contributed by atoms with Crippen LogP contribution in [0.1, 0.15) is 31.4 Å². The van der Waals surface area contributed by atoms with Crippen molar-refractivity contribution >= 4 is 11.0 Å². The SMILES string of the molecule is Cc1ccc(F)cc1C(C)(C)CC(O)(Cn1ccc2[nH]ccc(=O)c21)C(F)(F)F. The number of H-pyrrole nitrogens is 1. The van der Waals surface area contributed by atoms with Crippen molar-refractivity contribution in [3.05, 3.63) is 69.9 Å². The van der Waals surface area contributed by atoms with Crippen molar-refractivity contribution in [3.63, 3.8) is 0 Å². The molecule has 0 saturated carbocycles. The number of hydrogen-bond donors (Lipinski definition) is 2. The summed E-state index contributed by atoms with van der Waals surface area (Å²) >= 11 is 0. The molecule has 0 amide bonds. The molecule has 0 saturated heterocycles. The molecule has 1 unspecified atom stereocenters. The third-order valence-electron chi connectivity index (χ3n) is 5.29. The molecule has 0 fully saturated rings. The summed E-state index contributed by atoms with van der Waals surface area (Å²) < 4.78 is 56.8. The highest BCUT2D eigenvalue weighted by Crippen LogP contribution is 2.43. The molecule has 1 aromatic carbocycles. The summed E-state index contributed by atoms with van der Waals surface area (Å²) in [7, 11) is 0. The topological polar surface area (TPSA) is 58.0 Å². The Kier molecular flexibility index (Phi) is 5.11. The van der Waals surface area contributed by atoms with E-state index in [1.54, 1.807) is 6.92 Å². The molecule has 0 spiro atoms. The number of nitrogens with zero attached hydrogens (tertiary/aromatic N) is 1. The van der Waals surface area contributed by atoms with Gasteiger partial charge >= 0.3 is 6.18 Å². The van der Waals surface area contributed by atoms with Crippen molar-refractivity contribution in [2.24, 2.45) is 0 Å². The maximum atomic E-state index is 14.0. The second-order valence-electron chi connectivity index (χ2n) is 8.10. The average Bonchev–Trinajstić information content (AvgIpc) is 2.99. The number of alkyl halides is 3. The van der Waals surface area contributed by atoms with Gasteiger partial charge in [-0.05, 0) is 48.1 Å². The van der Waals surface area contributed by atoms with Crippen LogP contribution in [0.3, 0.4) is 0 Å². The molecule has 0 radical (unpaired) electrons. The lowest BCUT2D eigenvalue weighted by atomic mass is 9.73. The van der Waals surface area contributed by atoms with Gasteiger partial charge in [0.25, 0.3) is 0 Å². The Morgan fingerprint density at radius 1 is 1.14 bits per heavy atom. The van der Waals surface area contributed by atoms with Gasteiger partial charge in [0.1, 0.15) is 11.3 Å². The molecule has 0 aliphatic heterocycles. The summed E-state index contributed by atoms with van der Waals surface area (Å²) in [5.41, 5.74) is -3.33. The van der Waals surface area contributed by atoms with Crippen LogP contribution in [0.5, 0.6) is 0 Å². The number of hydrogen-bond acceptors (Lipinski definition) is 2. The normalized spacial score (nSPS) is 14.9. The van der Waals surface area contributed by atoms with Gasteiger partial charge in [0.15, 0.2) is 5.60 Å². The van der Waals surface area contributed by atoms with E-state index in [2.05, 4.69) is 4.98 Å². The predicted octanol–water partition coefficient (Wildman–Crippen LogP) is 4.44. The molecule has 1 atom stereocenters. The standard InChI is InChI=1S/C21H22F4N2O2/c1-13-4-5-14(22)10-15(13)19(2,3)11-20(29,21(23,24)25)12-27-9-7-16-18(27)17(28)6-8-26-16/h4-10,29H,11-12H2,1-3H3,(H,26,28). The molecule has 156 valence electrons. The average molecular weight is 410 g/mol. The molecule has 8 heteroatoms. The van der Waals surface area contributed by atoms with Gasteiger partial charge in [-0.2, -0.15) is 13.2 Å². The second-order valence-corrected chi connectivity index (χ2v) is 8.10. The van der Waals surface area contributed by atoms with E-state index in [1.165, 1.54) is 56.6 Å². The Bertz CT molecular complexity index is 1100. The summed E-state index contributed by atoms with van der Waals surface area (Å²) in [5, 5.41) is 10.8. The van der Waals surface area contributed by atoms with Crippen LogP contribution in [0.15, 0.2) is 47.5 Å². The van der Waals surface area contributed by atoms with E-state index in [-0.39, 0.29) is 5.52 Å². The highest BCUT2D eigenvalue weighted by atomic mass is 19.4. The maximum Gasteiger partial charge on any atom is 0.418 e. The fraction of sp³-hybridized carbons (Fsp3) is 0.381. The first-order chi connectivity index (χ1) is 13.3. The third kappa shape index (κ3) is 3.94. The van der Waals surface area contributed by atoms with Gasteiger partial charge in [-0.15, -0.1) is 0 Å². The van der Waals surface area contributed by atoms with Crippen LogP contribution in [-0.2, 0) is 12.0 Å². The Hall–Kier alpha value is -2.61. The van der Waals surface area contributed by atoms with E-state index in [0.717, 1.165) is 4.57 Å². The molecule has 0 aliphatic carbocycles. The number of aromatic amines is 1. The number of fused-ring (bicyclic) bond motifs is 1. The smallest absolute Gasteiger partial charge is 0.379 e. The monoisotopic (exact) mass is 410 g/mol. The Morgan fingerprint density at radius 3 is 2.48 bits per heavy atom. The third-order valence-corrected chi connectivity index (χ3v) is 5.29. The molecule has 0 aliphatic rings. The van der Waals surface area contributed by atoms with E-state index in [4.69, 9.17) is 0 Å². The summed E-state index contributed by atoms with van der Waals surface area (Å²) in [6.07, 6.45) is -2.94. The number of rotatable bonds is 5. The Morgan fingerprint density at radius 2 is 1.83 bits per heavy atom. The van der Waals surface area contributed by atoms with Gasteiger partial charge in [0, 0.05) is 18.5 Å².